The van der Waals surface area contributed by atoms with Gasteiger partial charge in [0, 0.05) is 0 Å². The second kappa shape index (κ2) is 5.97. The Hall–Kier alpha value is -1.15. The highest BCUT2D eigenvalue weighted by Crippen LogP contribution is 2.25. The summed E-state index contributed by atoms with van der Waals surface area (Å²) < 4.78 is 23.4. The zero-order chi connectivity index (χ0) is 13.0. The van der Waals surface area contributed by atoms with Crippen molar-refractivity contribution >= 4 is 19.8 Å². The van der Waals surface area contributed by atoms with Gasteiger partial charge < -0.3 is 19.7 Å². The first-order valence-corrected chi connectivity index (χ1v) is 5.27. The minimum absolute atomic E-state index is 0.328. The third kappa shape index (κ3) is 3.67. The van der Waals surface area contributed by atoms with Crippen molar-refractivity contribution in [3.8, 4) is 0 Å². The van der Waals surface area contributed by atoms with Gasteiger partial charge in [0.25, 0.3) is 0 Å². The lowest BCUT2D eigenvalue weighted by atomic mass is 9.94. The van der Waals surface area contributed by atoms with Crippen molar-refractivity contribution in [3.05, 3.63) is 0 Å². The van der Waals surface area contributed by atoms with Crippen molar-refractivity contribution < 1.29 is 33.7 Å². The average molecular weight is 248 g/mol. The van der Waals surface area contributed by atoms with Crippen LogP contribution in [0.3, 0.4) is 0 Å². The topological polar surface area (TPSA) is 93.1 Å². The van der Waals surface area contributed by atoms with E-state index in [4.69, 9.17) is 19.7 Å². The lowest BCUT2D eigenvalue weighted by Gasteiger charge is -2.18. The summed E-state index contributed by atoms with van der Waals surface area (Å²) in [5.74, 6) is -1.94. The molecule has 0 radical (unpaired) electrons. The van der Waals surface area contributed by atoms with Crippen molar-refractivity contribution in [2.45, 2.75) is 37.2 Å². The standard InChI is InChI=1S/C9H14BFO6/c10-9-7(11)8(4(3-12)16-9)17-6(15)2-1-5(13)14/h4,7-9,12H,1-3,10H2,(H,13,14)/t4-,7?,8?,9-/m1/s1. The minimum Gasteiger partial charge on any atom is -0.481 e. The predicted molar refractivity (Wildman–Crippen MR) is 55.9 cm³/mol. The quantitative estimate of drug-likeness (QED) is 0.452. The van der Waals surface area contributed by atoms with Crippen LogP contribution in [0.5, 0.6) is 0 Å². The number of aliphatic carboxylic acids is 1. The first-order chi connectivity index (χ1) is 7.95. The van der Waals surface area contributed by atoms with Crippen LogP contribution in [0.2, 0.25) is 0 Å². The minimum atomic E-state index is -1.51. The van der Waals surface area contributed by atoms with E-state index in [0.29, 0.717) is 0 Å². The van der Waals surface area contributed by atoms with E-state index in [-0.39, 0.29) is 12.8 Å². The van der Waals surface area contributed by atoms with Gasteiger partial charge in [0.05, 0.1) is 25.5 Å². The second-order valence-electron chi connectivity index (χ2n) is 3.85. The number of alkyl halides is 1. The summed E-state index contributed by atoms with van der Waals surface area (Å²) in [5, 5.41) is 17.3. The number of hydrogen-bond acceptors (Lipinski definition) is 5. The van der Waals surface area contributed by atoms with Crippen LogP contribution in [-0.2, 0) is 19.1 Å². The maximum Gasteiger partial charge on any atom is 0.306 e. The normalized spacial score (nSPS) is 32.4. The van der Waals surface area contributed by atoms with Crippen LogP contribution < -0.4 is 0 Å². The second-order valence-corrected chi connectivity index (χ2v) is 3.85. The molecule has 0 aromatic carbocycles. The monoisotopic (exact) mass is 248 g/mol. The summed E-state index contributed by atoms with van der Waals surface area (Å²) in [5.41, 5.74) is 0. The van der Waals surface area contributed by atoms with Gasteiger partial charge in [0.15, 0.2) is 12.3 Å². The van der Waals surface area contributed by atoms with Gasteiger partial charge in [-0.05, 0) is 0 Å². The molecule has 1 rings (SSSR count). The highest BCUT2D eigenvalue weighted by Gasteiger charge is 2.44. The van der Waals surface area contributed by atoms with Gasteiger partial charge in [-0.1, -0.05) is 0 Å². The lowest BCUT2D eigenvalue weighted by Crippen LogP contribution is -2.36. The number of carboxylic acids is 1. The molecule has 0 aliphatic carbocycles. The fourth-order valence-corrected chi connectivity index (χ4v) is 1.61. The van der Waals surface area contributed by atoms with E-state index in [2.05, 4.69) is 0 Å². The Labute approximate surface area is 98.1 Å². The molecule has 4 atom stereocenters. The summed E-state index contributed by atoms with van der Waals surface area (Å²) in [7, 11) is 1.47. The van der Waals surface area contributed by atoms with Crippen molar-refractivity contribution in [2.75, 3.05) is 6.61 Å². The van der Waals surface area contributed by atoms with E-state index in [0.717, 1.165) is 0 Å². The first kappa shape index (κ1) is 13.9. The Balaban J connectivity index is 2.48. The molecule has 6 nitrogen and oxygen atoms in total. The third-order valence-electron chi connectivity index (χ3n) is 2.51. The molecular weight excluding hydrogens is 234 g/mol. The van der Waals surface area contributed by atoms with E-state index in [1.54, 1.807) is 0 Å². The fraction of sp³-hybridized carbons (Fsp3) is 0.778. The molecule has 1 heterocycles. The van der Waals surface area contributed by atoms with Crippen LogP contribution in [-0.4, -0.2) is 61.0 Å². The number of hydrogen-bond donors (Lipinski definition) is 2. The summed E-state index contributed by atoms with van der Waals surface area (Å²) in [6.45, 7) is -0.457. The number of aliphatic hydroxyl groups excluding tert-OH is 1. The molecule has 8 heteroatoms. The zero-order valence-corrected chi connectivity index (χ0v) is 9.34. The summed E-state index contributed by atoms with van der Waals surface area (Å²) in [4.78, 5) is 21.5. The molecule has 1 aliphatic heterocycles. The molecule has 1 fully saturated rings. The summed E-state index contributed by atoms with van der Waals surface area (Å²) >= 11 is 0. The van der Waals surface area contributed by atoms with E-state index < -0.39 is 42.9 Å². The number of halogens is 1. The van der Waals surface area contributed by atoms with E-state index in [1.807, 2.05) is 0 Å². The number of rotatable bonds is 5. The molecule has 1 saturated heterocycles. The van der Waals surface area contributed by atoms with Crippen LogP contribution in [0.25, 0.3) is 0 Å². The highest BCUT2D eigenvalue weighted by molar-refractivity contribution is 6.11. The Kier molecular flexibility index (Phi) is 4.89. The van der Waals surface area contributed by atoms with Crippen molar-refractivity contribution in [1.82, 2.24) is 0 Å². The number of aliphatic hydroxyl groups is 1. The number of carboxylic acid groups (broad SMARTS) is 1. The summed E-state index contributed by atoms with van der Waals surface area (Å²) in [6.07, 6.45) is -4.28. The average Bonchev–Trinajstić information content (AvgIpc) is 2.54. The maximum atomic E-state index is 13.5. The Bertz CT molecular complexity index is 299. The molecule has 2 unspecified atom stereocenters. The molecule has 0 spiro atoms. The van der Waals surface area contributed by atoms with Crippen LogP contribution in [0, 0.1) is 0 Å². The largest absolute Gasteiger partial charge is 0.481 e. The van der Waals surface area contributed by atoms with E-state index >= 15 is 0 Å². The molecular formula is C9H14BFO6. The zero-order valence-electron chi connectivity index (χ0n) is 9.34. The van der Waals surface area contributed by atoms with Crippen molar-refractivity contribution in [1.29, 1.82) is 0 Å². The Morgan fingerprint density at radius 1 is 1.41 bits per heavy atom. The Morgan fingerprint density at radius 2 is 2.06 bits per heavy atom. The lowest BCUT2D eigenvalue weighted by molar-refractivity contribution is -0.157. The molecule has 96 valence electrons. The third-order valence-corrected chi connectivity index (χ3v) is 2.51. The van der Waals surface area contributed by atoms with E-state index in [9.17, 15) is 14.0 Å². The molecule has 2 N–H and O–H groups in total. The van der Waals surface area contributed by atoms with Crippen LogP contribution >= 0.6 is 0 Å². The van der Waals surface area contributed by atoms with Gasteiger partial charge in [-0.15, -0.1) is 0 Å². The van der Waals surface area contributed by atoms with Crippen LogP contribution in [0.1, 0.15) is 12.8 Å². The van der Waals surface area contributed by atoms with Crippen LogP contribution in [0.4, 0.5) is 4.39 Å². The number of carbonyl (C=O) groups is 2. The van der Waals surface area contributed by atoms with Gasteiger partial charge in [-0.3, -0.25) is 9.59 Å². The molecule has 0 amide bonds. The SMILES string of the molecule is B[C@@H]1O[C@H](CO)C(OC(=O)CCC(=O)O)C1F. The molecule has 0 bridgehead atoms. The Morgan fingerprint density at radius 3 is 2.59 bits per heavy atom. The van der Waals surface area contributed by atoms with Crippen molar-refractivity contribution in [3.63, 3.8) is 0 Å². The van der Waals surface area contributed by atoms with Gasteiger partial charge in [0.1, 0.15) is 14.0 Å². The molecule has 0 saturated carbocycles. The van der Waals surface area contributed by atoms with Gasteiger partial charge >= 0.3 is 11.9 Å². The predicted octanol–water partition coefficient (Wildman–Crippen LogP) is -1.55. The smallest absolute Gasteiger partial charge is 0.306 e. The molecule has 1 aliphatic rings. The first-order valence-electron chi connectivity index (χ1n) is 5.27. The molecule has 17 heavy (non-hydrogen) atoms. The number of ether oxygens (including phenoxy) is 2. The number of carbonyl (C=O) groups excluding carboxylic acids is 1. The fourth-order valence-electron chi connectivity index (χ4n) is 1.61. The molecule has 0 aromatic rings. The van der Waals surface area contributed by atoms with E-state index in [1.165, 1.54) is 7.85 Å². The summed E-state index contributed by atoms with van der Waals surface area (Å²) in [6, 6.07) is -0.760. The van der Waals surface area contributed by atoms with Crippen LogP contribution in [0.15, 0.2) is 0 Å². The van der Waals surface area contributed by atoms with Crippen molar-refractivity contribution in [2.24, 2.45) is 0 Å². The maximum absolute atomic E-state index is 13.5. The number of esters is 1. The van der Waals surface area contributed by atoms with Gasteiger partial charge in [-0.2, -0.15) is 0 Å². The van der Waals surface area contributed by atoms with Gasteiger partial charge in [-0.25, -0.2) is 4.39 Å². The van der Waals surface area contributed by atoms with Gasteiger partial charge in [0.2, 0.25) is 0 Å². The highest BCUT2D eigenvalue weighted by atomic mass is 19.1. The molecule has 0 aromatic heterocycles.